The summed E-state index contributed by atoms with van der Waals surface area (Å²) in [6.07, 6.45) is 6.54. The van der Waals surface area contributed by atoms with E-state index in [4.69, 9.17) is 18.9 Å². The molecule has 0 fully saturated rings. The Morgan fingerprint density at radius 2 is 1.88 bits per heavy atom. The monoisotopic (exact) mass is 350 g/mol. The van der Waals surface area contributed by atoms with Gasteiger partial charge in [-0.1, -0.05) is 6.07 Å². The Labute approximate surface area is 151 Å². The second kappa shape index (κ2) is 5.54. The lowest BCUT2D eigenvalue weighted by atomic mass is 9.88. The van der Waals surface area contributed by atoms with E-state index in [-0.39, 0.29) is 12.8 Å². The maximum Gasteiger partial charge on any atom is 0.231 e. The molecule has 0 saturated carbocycles. The first-order chi connectivity index (χ1) is 12.7. The Kier molecular flexibility index (Phi) is 3.27. The fraction of sp³-hybridized carbons (Fsp3) is 0.238. The highest BCUT2D eigenvalue weighted by atomic mass is 16.7. The zero-order valence-corrected chi connectivity index (χ0v) is 15.0. The molecule has 0 aliphatic carbocycles. The van der Waals surface area contributed by atoms with E-state index in [2.05, 4.69) is 37.5 Å². The van der Waals surface area contributed by atoms with Crippen molar-refractivity contribution < 1.29 is 23.8 Å². The number of nitrogens with one attached hydrogen (secondary N) is 1. The molecule has 5 nitrogen and oxygen atoms in total. The normalized spacial score (nSPS) is 21.4. The highest BCUT2D eigenvalue weighted by Gasteiger charge is 2.34. The lowest BCUT2D eigenvalue weighted by Gasteiger charge is -2.31. The van der Waals surface area contributed by atoms with Crippen LogP contribution < -0.4 is 34.3 Å². The van der Waals surface area contributed by atoms with Crippen LogP contribution in [0.1, 0.15) is 24.1 Å². The number of hydrogen-bond acceptors (Lipinski definition) is 4. The van der Waals surface area contributed by atoms with Crippen LogP contribution in [0.3, 0.4) is 0 Å². The quantitative estimate of drug-likeness (QED) is 0.876. The summed E-state index contributed by atoms with van der Waals surface area (Å²) in [5.74, 6) is 3.17. The average Bonchev–Trinajstić information content (AvgIpc) is 3.15. The highest BCUT2D eigenvalue weighted by Crippen LogP contribution is 2.37. The second-order valence-electron chi connectivity index (χ2n) is 6.69. The predicted octanol–water partition coefficient (Wildman–Crippen LogP) is 0.965. The lowest BCUT2D eigenvalue weighted by Crippen LogP contribution is -3.04. The molecule has 26 heavy (non-hydrogen) atoms. The van der Waals surface area contributed by atoms with Crippen molar-refractivity contribution in [2.75, 3.05) is 21.0 Å². The summed E-state index contributed by atoms with van der Waals surface area (Å²) in [7, 11) is 3.34. The van der Waals surface area contributed by atoms with Gasteiger partial charge < -0.3 is 18.9 Å². The summed E-state index contributed by atoms with van der Waals surface area (Å²) >= 11 is 0. The standard InChI is InChI=1S/C21H19NO4/c1-12-14-4-5-17-21(26-11-25-17)16(14)10-22-7-6-13-8-18(23-2)19(24-3)9-15(13)20(12)22/h4-10,20H,11H2,1-3H3/p+1. The Balaban J connectivity index is 1.76. The minimum absolute atomic E-state index is 0.197. The number of quaternary nitrogens is 1. The van der Waals surface area contributed by atoms with Crippen molar-refractivity contribution in [2.24, 2.45) is 0 Å². The summed E-state index contributed by atoms with van der Waals surface area (Å²) in [4.78, 5) is 1.25. The van der Waals surface area contributed by atoms with Gasteiger partial charge in [-0.25, -0.2) is 0 Å². The first-order valence-corrected chi connectivity index (χ1v) is 8.63. The van der Waals surface area contributed by atoms with Gasteiger partial charge in [0.1, 0.15) is 18.4 Å². The molecular weight excluding hydrogens is 330 g/mol. The van der Waals surface area contributed by atoms with Gasteiger partial charge in [-0.3, -0.25) is 4.90 Å². The van der Waals surface area contributed by atoms with Gasteiger partial charge in [0.2, 0.25) is 6.79 Å². The van der Waals surface area contributed by atoms with Gasteiger partial charge in [-0.05, 0) is 47.6 Å². The predicted molar refractivity (Wildman–Crippen MR) is 97.6 cm³/mol. The maximum absolute atomic E-state index is 5.72. The number of rotatable bonds is 2. The van der Waals surface area contributed by atoms with E-state index in [0.717, 1.165) is 33.8 Å². The molecule has 3 heterocycles. The van der Waals surface area contributed by atoms with Crippen LogP contribution in [0.5, 0.6) is 23.0 Å². The van der Waals surface area contributed by atoms with Gasteiger partial charge in [-0.15, -0.1) is 0 Å². The molecule has 5 heteroatoms. The van der Waals surface area contributed by atoms with Crippen LogP contribution in [0.25, 0.3) is 17.8 Å². The van der Waals surface area contributed by atoms with Gasteiger partial charge in [0.25, 0.3) is 0 Å². The molecule has 2 atom stereocenters. The summed E-state index contributed by atoms with van der Waals surface area (Å²) in [6, 6.07) is 8.46. The van der Waals surface area contributed by atoms with E-state index >= 15 is 0 Å². The van der Waals surface area contributed by atoms with E-state index < -0.39 is 0 Å². The summed E-state index contributed by atoms with van der Waals surface area (Å²) in [6.45, 7) is 2.48. The zero-order chi connectivity index (χ0) is 17.8. The van der Waals surface area contributed by atoms with Gasteiger partial charge in [-0.2, -0.15) is 0 Å². The first-order valence-electron chi connectivity index (χ1n) is 8.63. The van der Waals surface area contributed by atoms with Crippen LogP contribution in [0.2, 0.25) is 0 Å². The molecule has 0 bridgehead atoms. The molecule has 0 aromatic heterocycles. The highest BCUT2D eigenvalue weighted by molar-refractivity contribution is 5.68. The van der Waals surface area contributed by atoms with Crippen LogP contribution in [-0.4, -0.2) is 21.0 Å². The van der Waals surface area contributed by atoms with Crippen molar-refractivity contribution in [1.82, 2.24) is 0 Å². The summed E-state index contributed by atoms with van der Waals surface area (Å²) < 4.78 is 22.3. The number of ether oxygens (including phenoxy) is 4. The molecular formula is C21H20NO4+. The SMILES string of the molecule is COc1cc2c(cc1OC)C1C(C)=c3ccc4c(c3=C[NH+]1C=C2)OCO4. The van der Waals surface area contributed by atoms with E-state index in [1.165, 1.54) is 21.3 Å². The van der Waals surface area contributed by atoms with Gasteiger partial charge >= 0.3 is 0 Å². The fourth-order valence-corrected chi connectivity index (χ4v) is 4.18. The molecule has 2 aromatic carbocycles. The molecule has 2 aromatic rings. The first kappa shape index (κ1) is 15.3. The third-order valence-electron chi connectivity index (χ3n) is 5.44. The number of benzene rings is 2. The van der Waals surface area contributed by atoms with Crippen LogP contribution in [-0.2, 0) is 0 Å². The smallest absolute Gasteiger partial charge is 0.231 e. The van der Waals surface area contributed by atoms with Crippen LogP contribution in [0, 0.1) is 0 Å². The molecule has 0 saturated heterocycles. The van der Waals surface area contributed by atoms with Crippen molar-refractivity contribution in [2.45, 2.75) is 13.0 Å². The molecule has 3 aliphatic rings. The number of methoxy groups -OCH3 is 2. The third kappa shape index (κ3) is 2.01. The maximum atomic E-state index is 5.72. The van der Waals surface area contributed by atoms with Crippen molar-refractivity contribution in [3.63, 3.8) is 0 Å². The molecule has 0 radical (unpaired) electrons. The molecule has 1 N–H and O–H groups in total. The summed E-state index contributed by atoms with van der Waals surface area (Å²) in [5, 5.41) is 2.32. The van der Waals surface area contributed by atoms with Crippen molar-refractivity contribution in [1.29, 1.82) is 0 Å². The van der Waals surface area contributed by atoms with Gasteiger partial charge in [0, 0.05) is 5.56 Å². The van der Waals surface area contributed by atoms with Crippen LogP contribution in [0.4, 0.5) is 0 Å². The Morgan fingerprint density at radius 1 is 1.08 bits per heavy atom. The Morgan fingerprint density at radius 3 is 2.69 bits per heavy atom. The zero-order valence-electron chi connectivity index (χ0n) is 15.0. The molecule has 5 rings (SSSR count). The Bertz CT molecular complexity index is 1070. The number of hydrogen-bond donors (Lipinski definition) is 1. The minimum atomic E-state index is 0.197. The van der Waals surface area contributed by atoms with Crippen molar-refractivity contribution >= 4 is 17.8 Å². The average molecular weight is 350 g/mol. The van der Waals surface area contributed by atoms with E-state index in [9.17, 15) is 0 Å². The van der Waals surface area contributed by atoms with E-state index in [1.807, 2.05) is 12.1 Å². The fourth-order valence-electron chi connectivity index (χ4n) is 4.18. The third-order valence-corrected chi connectivity index (χ3v) is 5.44. The van der Waals surface area contributed by atoms with Crippen molar-refractivity contribution in [3.05, 3.63) is 52.0 Å². The van der Waals surface area contributed by atoms with Crippen LogP contribution in [0.15, 0.2) is 30.5 Å². The Hall–Kier alpha value is -2.92. The van der Waals surface area contributed by atoms with Crippen LogP contribution >= 0.6 is 0 Å². The molecule has 2 unspecified atom stereocenters. The second-order valence-corrected chi connectivity index (χ2v) is 6.69. The molecule has 3 aliphatic heterocycles. The van der Waals surface area contributed by atoms with E-state index in [1.54, 1.807) is 14.2 Å². The van der Waals surface area contributed by atoms with E-state index in [0.29, 0.717) is 0 Å². The largest absolute Gasteiger partial charge is 0.493 e. The molecule has 132 valence electrons. The lowest BCUT2D eigenvalue weighted by molar-refractivity contribution is -0.787. The topological polar surface area (TPSA) is 41.4 Å². The molecule has 0 amide bonds. The van der Waals surface area contributed by atoms with Gasteiger partial charge in [0.05, 0.1) is 19.4 Å². The number of fused-ring (bicyclic) bond motifs is 6. The molecule has 0 spiro atoms. The van der Waals surface area contributed by atoms with Gasteiger partial charge in [0.15, 0.2) is 23.0 Å². The minimum Gasteiger partial charge on any atom is -0.493 e. The summed E-state index contributed by atoms with van der Waals surface area (Å²) in [5.41, 5.74) is 3.69. The van der Waals surface area contributed by atoms with Crippen molar-refractivity contribution in [3.8, 4) is 23.0 Å².